The zero-order valence-corrected chi connectivity index (χ0v) is 19.3. The number of amides is 1. The topological polar surface area (TPSA) is 72.7 Å². The lowest BCUT2D eigenvalue weighted by molar-refractivity contribution is -0.113. The van der Waals surface area contributed by atoms with Gasteiger partial charge in [0.1, 0.15) is 5.82 Å². The number of thioether (sulfide) groups is 1. The number of anilines is 1. The van der Waals surface area contributed by atoms with Gasteiger partial charge in [0.2, 0.25) is 5.91 Å². The van der Waals surface area contributed by atoms with Crippen LogP contribution in [-0.4, -0.2) is 31.4 Å². The molecule has 0 unspecified atom stereocenters. The lowest BCUT2D eigenvalue weighted by atomic mass is 10.0. The van der Waals surface area contributed by atoms with Gasteiger partial charge in [-0.25, -0.2) is 4.39 Å². The minimum absolute atomic E-state index is 0.0722. The molecule has 3 aromatic carbocycles. The molecule has 0 saturated carbocycles. The number of hydrogen-bond donors (Lipinski definition) is 1. The number of carbonyl (C=O) groups excluding carboxylic acids is 1. The first-order valence-corrected chi connectivity index (χ1v) is 11.9. The van der Waals surface area contributed by atoms with Crippen LogP contribution in [0.15, 0.2) is 109 Å². The first-order valence-electron chi connectivity index (χ1n) is 10.9. The van der Waals surface area contributed by atoms with Crippen LogP contribution in [0, 0.1) is 5.82 Å². The van der Waals surface area contributed by atoms with E-state index in [-0.39, 0.29) is 11.7 Å². The summed E-state index contributed by atoms with van der Waals surface area (Å²) in [5.41, 5.74) is 3.65. The van der Waals surface area contributed by atoms with Crippen molar-refractivity contribution in [2.75, 3.05) is 11.1 Å². The van der Waals surface area contributed by atoms with E-state index in [1.807, 2.05) is 60.7 Å². The molecule has 0 fully saturated rings. The van der Waals surface area contributed by atoms with Gasteiger partial charge in [0, 0.05) is 29.2 Å². The summed E-state index contributed by atoms with van der Waals surface area (Å²) < 4.78 is 16.4. The van der Waals surface area contributed by atoms with Crippen molar-refractivity contribution in [3.05, 3.63) is 109 Å². The van der Waals surface area contributed by atoms with Crippen molar-refractivity contribution in [1.29, 1.82) is 0 Å². The Labute approximate surface area is 205 Å². The molecule has 0 bridgehead atoms. The van der Waals surface area contributed by atoms with E-state index in [0.717, 1.165) is 16.8 Å². The summed E-state index contributed by atoms with van der Waals surface area (Å²) >= 11 is 1.19. The van der Waals surface area contributed by atoms with Gasteiger partial charge in [-0.3, -0.25) is 14.3 Å². The third kappa shape index (κ3) is 4.97. The van der Waals surface area contributed by atoms with Crippen molar-refractivity contribution in [2.45, 2.75) is 5.16 Å². The number of pyridine rings is 1. The zero-order chi connectivity index (χ0) is 24.0. The third-order valence-electron chi connectivity index (χ3n) is 5.26. The molecule has 1 N–H and O–H groups in total. The molecule has 172 valence electrons. The molecule has 0 aliphatic rings. The molecule has 0 spiro atoms. The van der Waals surface area contributed by atoms with E-state index in [1.54, 1.807) is 41.2 Å². The molecule has 6 nitrogen and oxygen atoms in total. The van der Waals surface area contributed by atoms with E-state index in [4.69, 9.17) is 0 Å². The minimum Gasteiger partial charge on any atom is -0.325 e. The monoisotopic (exact) mass is 481 g/mol. The predicted molar refractivity (Wildman–Crippen MR) is 136 cm³/mol. The van der Waals surface area contributed by atoms with Crippen molar-refractivity contribution in [3.63, 3.8) is 0 Å². The largest absolute Gasteiger partial charge is 0.325 e. The molecule has 5 rings (SSSR count). The molecular weight excluding hydrogens is 461 g/mol. The van der Waals surface area contributed by atoms with Gasteiger partial charge in [-0.1, -0.05) is 72.4 Å². The van der Waals surface area contributed by atoms with Crippen molar-refractivity contribution < 1.29 is 9.18 Å². The number of para-hydroxylation sites is 2. The maximum Gasteiger partial charge on any atom is 0.234 e. The zero-order valence-electron chi connectivity index (χ0n) is 18.5. The number of halogens is 1. The molecule has 2 aromatic heterocycles. The van der Waals surface area contributed by atoms with Gasteiger partial charge in [-0.05, 0) is 35.9 Å². The Hall–Kier alpha value is -4.30. The Morgan fingerprint density at radius 2 is 1.60 bits per heavy atom. The van der Waals surface area contributed by atoms with Crippen LogP contribution in [0.2, 0.25) is 0 Å². The number of aromatic nitrogens is 4. The lowest BCUT2D eigenvalue weighted by Crippen LogP contribution is -2.15. The van der Waals surface area contributed by atoms with Gasteiger partial charge in [0.25, 0.3) is 0 Å². The molecule has 1 amide bonds. The molecule has 0 saturated heterocycles. The smallest absolute Gasteiger partial charge is 0.234 e. The molecule has 0 atom stereocenters. The van der Waals surface area contributed by atoms with Crippen LogP contribution in [0.1, 0.15) is 0 Å². The van der Waals surface area contributed by atoms with Gasteiger partial charge < -0.3 is 5.32 Å². The normalized spacial score (nSPS) is 10.8. The number of benzene rings is 3. The number of rotatable bonds is 7. The van der Waals surface area contributed by atoms with Crippen molar-refractivity contribution in [3.8, 4) is 28.2 Å². The number of hydrogen-bond acceptors (Lipinski definition) is 5. The van der Waals surface area contributed by atoms with Crippen molar-refractivity contribution >= 4 is 23.4 Å². The van der Waals surface area contributed by atoms with Crippen LogP contribution < -0.4 is 5.32 Å². The third-order valence-corrected chi connectivity index (χ3v) is 6.19. The van der Waals surface area contributed by atoms with E-state index in [0.29, 0.717) is 22.2 Å². The van der Waals surface area contributed by atoms with Crippen LogP contribution in [0.4, 0.5) is 10.1 Å². The van der Waals surface area contributed by atoms with Gasteiger partial charge in [0.05, 0.1) is 11.4 Å². The summed E-state index contributed by atoms with van der Waals surface area (Å²) in [6.45, 7) is 0. The number of carbonyl (C=O) groups is 1. The Kier molecular flexibility index (Phi) is 6.63. The van der Waals surface area contributed by atoms with Gasteiger partial charge in [0.15, 0.2) is 11.0 Å². The highest BCUT2D eigenvalue weighted by Crippen LogP contribution is 2.30. The fourth-order valence-electron chi connectivity index (χ4n) is 3.67. The summed E-state index contributed by atoms with van der Waals surface area (Å²) in [7, 11) is 0. The molecule has 8 heteroatoms. The second-order valence-corrected chi connectivity index (χ2v) is 8.53. The Morgan fingerprint density at radius 3 is 2.40 bits per heavy atom. The van der Waals surface area contributed by atoms with Crippen molar-refractivity contribution in [1.82, 2.24) is 19.7 Å². The average molecular weight is 482 g/mol. The summed E-state index contributed by atoms with van der Waals surface area (Å²) in [5.74, 6) is -0.103. The van der Waals surface area contributed by atoms with E-state index < -0.39 is 5.82 Å². The summed E-state index contributed by atoms with van der Waals surface area (Å²) in [5, 5.41) is 11.9. The Balaban J connectivity index is 1.40. The van der Waals surface area contributed by atoms with Crippen molar-refractivity contribution in [2.24, 2.45) is 0 Å². The molecule has 5 aromatic rings. The highest BCUT2D eigenvalue weighted by Gasteiger charge is 2.20. The van der Waals surface area contributed by atoms with E-state index in [9.17, 15) is 9.18 Å². The van der Waals surface area contributed by atoms with E-state index in [2.05, 4.69) is 20.5 Å². The Bertz CT molecular complexity index is 1460. The fraction of sp³-hybridized carbons (Fsp3) is 0.0370. The van der Waals surface area contributed by atoms with E-state index in [1.165, 1.54) is 17.8 Å². The van der Waals surface area contributed by atoms with Crippen LogP contribution in [0.3, 0.4) is 0 Å². The molecule has 0 aliphatic carbocycles. The number of nitrogens with one attached hydrogen (secondary N) is 1. The Morgan fingerprint density at radius 1 is 0.857 bits per heavy atom. The molecular formula is C27H20FN5OS. The summed E-state index contributed by atoms with van der Waals surface area (Å²) in [6, 6.07) is 27.5. The molecule has 35 heavy (non-hydrogen) atoms. The van der Waals surface area contributed by atoms with Gasteiger partial charge in [-0.2, -0.15) is 0 Å². The number of nitrogens with zero attached hydrogens (tertiary/aromatic N) is 4. The standard InChI is InChI=1S/C27H20FN5OS/c28-22-13-5-7-15-24(22)33-26(20-11-8-16-29-17-20)31-32-27(33)35-18-25(34)30-23-14-6-4-12-21(23)19-9-2-1-3-10-19/h1-17H,18H2,(H,30,34). The quantitative estimate of drug-likeness (QED) is 0.295. The fourth-order valence-corrected chi connectivity index (χ4v) is 4.42. The minimum atomic E-state index is -0.416. The highest BCUT2D eigenvalue weighted by molar-refractivity contribution is 7.99. The second kappa shape index (κ2) is 10.3. The van der Waals surface area contributed by atoms with E-state index >= 15 is 0 Å². The van der Waals surface area contributed by atoms with Crippen LogP contribution in [0.5, 0.6) is 0 Å². The predicted octanol–water partition coefficient (Wildman–Crippen LogP) is 5.87. The van der Waals surface area contributed by atoms with Crippen LogP contribution >= 0.6 is 11.8 Å². The van der Waals surface area contributed by atoms with Crippen LogP contribution in [0.25, 0.3) is 28.2 Å². The first kappa shape index (κ1) is 22.5. The van der Waals surface area contributed by atoms with Gasteiger partial charge in [-0.15, -0.1) is 10.2 Å². The molecule has 0 radical (unpaired) electrons. The summed E-state index contributed by atoms with van der Waals surface area (Å²) in [4.78, 5) is 17.0. The summed E-state index contributed by atoms with van der Waals surface area (Å²) in [6.07, 6.45) is 3.30. The van der Waals surface area contributed by atoms with Gasteiger partial charge >= 0.3 is 0 Å². The van der Waals surface area contributed by atoms with Crippen LogP contribution in [-0.2, 0) is 4.79 Å². The highest BCUT2D eigenvalue weighted by atomic mass is 32.2. The SMILES string of the molecule is O=C(CSc1nnc(-c2cccnc2)n1-c1ccccc1F)Nc1ccccc1-c1ccccc1. The average Bonchev–Trinajstić information content (AvgIpc) is 3.33. The first-order chi connectivity index (χ1) is 17.2. The second-order valence-electron chi connectivity index (χ2n) is 7.58. The maximum atomic E-state index is 14.7. The molecule has 0 aliphatic heterocycles. The maximum absolute atomic E-state index is 14.7. The lowest BCUT2D eigenvalue weighted by Gasteiger charge is -2.12. The molecule has 2 heterocycles.